The van der Waals surface area contributed by atoms with Gasteiger partial charge < -0.3 is 0 Å². The van der Waals surface area contributed by atoms with E-state index >= 15 is 0 Å². The number of Topliss-reactive ketones (excluding diaryl/α,β-unsaturated/α-hetero) is 1. The van der Waals surface area contributed by atoms with Gasteiger partial charge in [0.25, 0.3) is 0 Å². The number of halogens is 1. The molecule has 0 saturated heterocycles. The lowest BCUT2D eigenvalue weighted by molar-refractivity contribution is 0.0981. The zero-order chi connectivity index (χ0) is 15.4. The molecule has 0 atom stereocenters. The molecular weight excluding hydrogens is 336 g/mol. The first-order chi connectivity index (χ1) is 10.7. The molecule has 0 aliphatic heterocycles. The van der Waals surface area contributed by atoms with Crippen LogP contribution >= 0.6 is 15.9 Å². The summed E-state index contributed by atoms with van der Waals surface area (Å²) in [4.78, 5) is 12.7. The van der Waals surface area contributed by atoms with Crippen LogP contribution in [0, 0.1) is 0 Å². The summed E-state index contributed by atoms with van der Waals surface area (Å²) in [7, 11) is 0. The fourth-order valence-electron chi connectivity index (χ4n) is 3.26. The van der Waals surface area contributed by atoms with Crippen molar-refractivity contribution in [3.05, 3.63) is 69.2 Å². The highest BCUT2D eigenvalue weighted by molar-refractivity contribution is 9.10. The highest BCUT2D eigenvalue weighted by Gasteiger charge is 2.14. The predicted octanol–water partition coefficient (Wildman–Crippen LogP) is 5.53. The Bertz CT molecular complexity index is 675. The van der Waals surface area contributed by atoms with Gasteiger partial charge in [0.1, 0.15) is 0 Å². The minimum Gasteiger partial charge on any atom is -0.294 e. The SMILES string of the molecule is O=C1CCc2ccccc2CCCCCc2ccc(Br)cc21. The summed E-state index contributed by atoms with van der Waals surface area (Å²) >= 11 is 3.50. The number of fused-ring (bicyclic) bond motifs is 2. The molecule has 1 aliphatic rings. The molecule has 22 heavy (non-hydrogen) atoms. The van der Waals surface area contributed by atoms with E-state index in [0.29, 0.717) is 6.42 Å². The number of carbonyl (C=O) groups excluding carboxylic acids is 1. The summed E-state index contributed by atoms with van der Waals surface area (Å²) in [6.45, 7) is 0. The van der Waals surface area contributed by atoms with E-state index in [2.05, 4.69) is 46.3 Å². The number of ketones is 1. The van der Waals surface area contributed by atoms with Crippen molar-refractivity contribution in [2.75, 3.05) is 0 Å². The van der Waals surface area contributed by atoms with Gasteiger partial charge in [0, 0.05) is 16.5 Å². The van der Waals surface area contributed by atoms with Crippen molar-refractivity contribution >= 4 is 21.7 Å². The van der Waals surface area contributed by atoms with E-state index < -0.39 is 0 Å². The first kappa shape index (κ1) is 15.5. The van der Waals surface area contributed by atoms with Crippen LogP contribution in [-0.2, 0) is 19.3 Å². The maximum Gasteiger partial charge on any atom is 0.163 e. The highest BCUT2D eigenvalue weighted by Crippen LogP contribution is 2.23. The first-order valence-electron chi connectivity index (χ1n) is 8.12. The summed E-state index contributed by atoms with van der Waals surface area (Å²) < 4.78 is 0.993. The molecule has 0 N–H and O–H groups in total. The molecule has 1 aliphatic carbocycles. The third-order valence-corrected chi connectivity index (χ3v) is 5.00. The minimum atomic E-state index is 0.270. The predicted molar refractivity (Wildman–Crippen MR) is 94.5 cm³/mol. The lowest BCUT2D eigenvalue weighted by Gasteiger charge is -2.13. The summed E-state index contributed by atoms with van der Waals surface area (Å²) in [6, 6.07) is 14.7. The lowest BCUT2D eigenvalue weighted by atomic mass is 9.91. The smallest absolute Gasteiger partial charge is 0.163 e. The maximum absolute atomic E-state index is 12.7. The van der Waals surface area contributed by atoms with Gasteiger partial charge >= 0.3 is 0 Å². The van der Waals surface area contributed by atoms with Gasteiger partial charge in [0.2, 0.25) is 0 Å². The Morgan fingerprint density at radius 1 is 0.727 bits per heavy atom. The fraction of sp³-hybridized carbons (Fsp3) is 0.350. The van der Waals surface area contributed by atoms with E-state index in [4.69, 9.17) is 0 Å². The quantitative estimate of drug-likeness (QED) is 0.606. The topological polar surface area (TPSA) is 17.1 Å². The molecule has 2 aromatic rings. The minimum absolute atomic E-state index is 0.270. The number of hydrogen-bond acceptors (Lipinski definition) is 1. The maximum atomic E-state index is 12.7. The second kappa shape index (κ2) is 7.23. The number of rotatable bonds is 0. The van der Waals surface area contributed by atoms with E-state index in [0.717, 1.165) is 35.7 Å². The Balaban J connectivity index is 1.89. The second-order valence-corrected chi connectivity index (χ2v) is 6.97. The molecule has 0 bridgehead atoms. The number of benzene rings is 2. The van der Waals surface area contributed by atoms with Crippen molar-refractivity contribution in [1.82, 2.24) is 0 Å². The van der Waals surface area contributed by atoms with E-state index in [1.807, 2.05) is 12.1 Å². The van der Waals surface area contributed by atoms with Crippen LogP contribution < -0.4 is 0 Å². The van der Waals surface area contributed by atoms with E-state index in [1.165, 1.54) is 29.5 Å². The van der Waals surface area contributed by atoms with E-state index in [9.17, 15) is 4.79 Å². The van der Waals surface area contributed by atoms with Crippen LogP contribution in [0.5, 0.6) is 0 Å². The molecule has 0 heterocycles. The Labute approximate surface area is 140 Å². The Morgan fingerprint density at radius 2 is 1.41 bits per heavy atom. The summed E-state index contributed by atoms with van der Waals surface area (Å²) in [5, 5.41) is 0. The van der Waals surface area contributed by atoms with Gasteiger partial charge in [-0.25, -0.2) is 0 Å². The molecule has 2 heteroatoms. The number of carbonyl (C=O) groups is 1. The van der Waals surface area contributed by atoms with Crippen molar-refractivity contribution in [1.29, 1.82) is 0 Å². The third kappa shape index (κ3) is 3.67. The van der Waals surface area contributed by atoms with Crippen LogP contribution in [0.25, 0.3) is 0 Å². The molecule has 1 nitrogen and oxygen atoms in total. The molecule has 0 amide bonds. The molecule has 0 fully saturated rings. The molecule has 0 saturated carbocycles. The molecule has 114 valence electrons. The average molecular weight is 357 g/mol. The zero-order valence-corrected chi connectivity index (χ0v) is 14.4. The summed E-state index contributed by atoms with van der Waals surface area (Å²) in [5.74, 6) is 0.270. The van der Waals surface area contributed by atoms with Crippen molar-refractivity contribution in [2.24, 2.45) is 0 Å². The second-order valence-electron chi connectivity index (χ2n) is 6.05. The van der Waals surface area contributed by atoms with Crippen LogP contribution in [0.15, 0.2) is 46.9 Å². The van der Waals surface area contributed by atoms with Crippen LogP contribution in [0.4, 0.5) is 0 Å². The van der Waals surface area contributed by atoms with Gasteiger partial charge in [0.15, 0.2) is 5.78 Å². The molecular formula is C20H21BrO. The number of hydrogen-bond donors (Lipinski definition) is 0. The normalized spacial score (nSPS) is 16.1. The van der Waals surface area contributed by atoms with Crippen molar-refractivity contribution in [3.63, 3.8) is 0 Å². The van der Waals surface area contributed by atoms with Crippen LogP contribution in [-0.4, -0.2) is 5.78 Å². The van der Waals surface area contributed by atoms with Gasteiger partial charge in [-0.05, 0) is 60.9 Å². The van der Waals surface area contributed by atoms with Crippen molar-refractivity contribution < 1.29 is 4.79 Å². The fourth-order valence-corrected chi connectivity index (χ4v) is 3.62. The molecule has 3 rings (SSSR count). The van der Waals surface area contributed by atoms with E-state index in [1.54, 1.807) is 0 Å². The molecule has 0 aromatic heterocycles. The van der Waals surface area contributed by atoms with Gasteiger partial charge in [-0.2, -0.15) is 0 Å². The Hall–Kier alpha value is -1.41. The first-order valence-corrected chi connectivity index (χ1v) is 8.92. The monoisotopic (exact) mass is 356 g/mol. The van der Waals surface area contributed by atoms with Gasteiger partial charge in [-0.1, -0.05) is 52.7 Å². The lowest BCUT2D eigenvalue weighted by Crippen LogP contribution is -2.08. The largest absolute Gasteiger partial charge is 0.294 e. The van der Waals surface area contributed by atoms with Crippen molar-refractivity contribution in [2.45, 2.75) is 44.9 Å². The van der Waals surface area contributed by atoms with Gasteiger partial charge in [-0.15, -0.1) is 0 Å². The van der Waals surface area contributed by atoms with Crippen LogP contribution in [0.3, 0.4) is 0 Å². The number of aryl methyl sites for hydroxylation is 3. The Kier molecular flexibility index (Phi) is 5.09. The van der Waals surface area contributed by atoms with E-state index in [-0.39, 0.29) is 5.78 Å². The molecule has 0 spiro atoms. The van der Waals surface area contributed by atoms with Crippen molar-refractivity contribution in [3.8, 4) is 0 Å². The standard InChI is InChI=1S/C20H21BrO/c21-18-12-10-17-9-3-1-2-6-15-7-4-5-8-16(15)11-13-20(22)19(17)14-18/h4-5,7-8,10,12,14H,1-3,6,9,11,13H2. The Morgan fingerprint density at radius 3 is 2.18 bits per heavy atom. The highest BCUT2D eigenvalue weighted by atomic mass is 79.9. The van der Waals surface area contributed by atoms with Crippen LogP contribution in [0.2, 0.25) is 0 Å². The molecule has 2 aromatic carbocycles. The third-order valence-electron chi connectivity index (χ3n) is 4.50. The van der Waals surface area contributed by atoms with Crippen LogP contribution in [0.1, 0.15) is 52.7 Å². The molecule has 0 radical (unpaired) electrons. The summed E-state index contributed by atoms with van der Waals surface area (Å²) in [5.41, 5.74) is 4.88. The zero-order valence-electron chi connectivity index (χ0n) is 12.8. The molecule has 0 unspecified atom stereocenters. The summed E-state index contributed by atoms with van der Waals surface area (Å²) in [6.07, 6.45) is 7.20. The van der Waals surface area contributed by atoms with Gasteiger partial charge in [0.05, 0.1) is 0 Å². The van der Waals surface area contributed by atoms with Gasteiger partial charge in [-0.3, -0.25) is 4.79 Å². The average Bonchev–Trinajstić information content (AvgIpc) is 2.53.